The van der Waals surface area contributed by atoms with Gasteiger partial charge >= 0.3 is 0 Å². The Balaban J connectivity index is 1.88. The van der Waals surface area contributed by atoms with E-state index >= 15 is 0 Å². The van der Waals surface area contributed by atoms with Gasteiger partial charge < -0.3 is 4.98 Å². The van der Waals surface area contributed by atoms with Crippen LogP contribution in [0.25, 0.3) is 10.9 Å². The molecule has 0 saturated carbocycles. The SMILES string of the molecule is C/C1=C\CCCc2c([nH]c3cc4c(cc23)SCC=N4)/C(C)=N/N1. The maximum Gasteiger partial charge on any atom is 0.0813 e. The van der Waals surface area contributed by atoms with E-state index in [0.29, 0.717) is 0 Å². The van der Waals surface area contributed by atoms with Gasteiger partial charge in [0.15, 0.2) is 0 Å². The molecule has 0 saturated heterocycles. The maximum absolute atomic E-state index is 4.53. The van der Waals surface area contributed by atoms with Crippen LogP contribution in [0.15, 0.2) is 38.9 Å². The molecule has 2 aromatic rings. The summed E-state index contributed by atoms with van der Waals surface area (Å²) in [6.45, 7) is 4.12. The van der Waals surface area contributed by atoms with Gasteiger partial charge in [0.2, 0.25) is 0 Å². The number of aryl methyl sites for hydroxylation is 1. The van der Waals surface area contributed by atoms with E-state index in [-0.39, 0.29) is 0 Å². The first-order valence-corrected chi connectivity index (χ1v) is 9.02. The molecule has 0 amide bonds. The molecule has 3 heterocycles. The molecular weight excluding hydrogens is 304 g/mol. The molecule has 23 heavy (non-hydrogen) atoms. The Bertz CT molecular complexity index is 858. The van der Waals surface area contributed by atoms with Gasteiger partial charge in [-0.05, 0) is 50.8 Å². The number of nitrogens with one attached hydrogen (secondary N) is 2. The second-order valence-electron chi connectivity index (χ2n) is 6.06. The summed E-state index contributed by atoms with van der Waals surface area (Å²) in [6, 6.07) is 4.47. The number of hydrogen-bond acceptors (Lipinski definition) is 4. The molecule has 118 valence electrons. The minimum Gasteiger partial charge on any atom is -0.353 e. The number of allylic oxidation sites excluding steroid dienone is 2. The number of aliphatic imine (C=N–C) groups is 1. The minimum atomic E-state index is 0.958. The summed E-state index contributed by atoms with van der Waals surface area (Å²) in [7, 11) is 0. The molecule has 2 N–H and O–H groups in total. The van der Waals surface area contributed by atoms with Crippen molar-refractivity contribution in [3.8, 4) is 0 Å². The Morgan fingerprint density at radius 2 is 2.13 bits per heavy atom. The smallest absolute Gasteiger partial charge is 0.0813 e. The van der Waals surface area contributed by atoms with Gasteiger partial charge in [0.1, 0.15) is 0 Å². The summed E-state index contributed by atoms with van der Waals surface area (Å²) >= 11 is 1.86. The molecular formula is C18H20N4S. The summed E-state index contributed by atoms with van der Waals surface area (Å²) in [5, 5.41) is 5.85. The molecule has 1 aromatic heterocycles. The molecule has 0 aliphatic carbocycles. The van der Waals surface area contributed by atoms with Gasteiger partial charge in [-0.15, -0.1) is 11.8 Å². The van der Waals surface area contributed by atoms with E-state index in [0.717, 1.165) is 53.3 Å². The molecule has 0 bridgehead atoms. The van der Waals surface area contributed by atoms with E-state index in [4.69, 9.17) is 0 Å². The molecule has 0 atom stereocenters. The molecule has 0 unspecified atom stereocenters. The molecule has 4 rings (SSSR count). The highest BCUT2D eigenvalue weighted by Crippen LogP contribution is 2.38. The normalized spacial score (nSPS) is 22.3. The number of nitrogens with zero attached hydrogens (tertiary/aromatic N) is 2. The van der Waals surface area contributed by atoms with Crippen LogP contribution < -0.4 is 5.43 Å². The number of H-pyrrole nitrogens is 1. The van der Waals surface area contributed by atoms with Crippen LogP contribution in [0.3, 0.4) is 0 Å². The molecule has 5 heteroatoms. The van der Waals surface area contributed by atoms with Crippen LogP contribution in [0.5, 0.6) is 0 Å². The Kier molecular flexibility index (Phi) is 3.73. The largest absolute Gasteiger partial charge is 0.353 e. The van der Waals surface area contributed by atoms with Crippen molar-refractivity contribution < 1.29 is 0 Å². The van der Waals surface area contributed by atoms with Crippen molar-refractivity contribution in [1.82, 2.24) is 10.4 Å². The van der Waals surface area contributed by atoms with Crippen LogP contribution in [-0.4, -0.2) is 22.7 Å². The summed E-state index contributed by atoms with van der Waals surface area (Å²) in [4.78, 5) is 9.38. The standard InChI is InChI=1S/C18H20N4S/c1-11-5-3-4-6-13-14-9-17-16(19-7-8-23-17)10-15(14)20-18(13)12(2)22-21-11/h5,7,9-10,20-21H,3-4,6,8H2,1-2H3/b11-5+,22-12+. The minimum absolute atomic E-state index is 0.958. The summed E-state index contributed by atoms with van der Waals surface area (Å²) in [6.07, 6.45) is 7.50. The predicted molar refractivity (Wildman–Crippen MR) is 99.2 cm³/mol. The van der Waals surface area contributed by atoms with Crippen LogP contribution in [0, 0.1) is 0 Å². The Hall–Kier alpha value is -2.01. The van der Waals surface area contributed by atoms with Gasteiger partial charge in [-0.2, -0.15) is 5.10 Å². The zero-order valence-electron chi connectivity index (χ0n) is 13.4. The van der Waals surface area contributed by atoms with Crippen molar-refractivity contribution >= 4 is 40.3 Å². The molecule has 4 nitrogen and oxygen atoms in total. The number of hydrogen-bond donors (Lipinski definition) is 2. The van der Waals surface area contributed by atoms with E-state index in [1.54, 1.807) is 0 Å². The van der Waals surface area contributed by atoms with Gasteiger partial charge in [0.05, 0.1) is 17.1 Å². The molecule has 1 aromatic carbocycles. The van der Waals surface area contributed by atoms with Crippen LogP contribution in [0.4, 0.5) is 5.69 Å². The topological polar surface area (TPSA) is 52.5 Å². The highest BCUT2D eigenvalue weighted by atomic mass is 32.2. The van der Waals surface area contributed by atoms with Gasteiger partial charge in [0, 0.05) is 33.5 Å². The van der Waals surface area contributed by atoms with E-state index in [2.05, 4.69) is 52.6 Å². The second-order valence-corrected chi connectivity index (χ2v) is 7.12. The third kappa shape index (κ3) is 2.70. The lowest BCUT2D eigenvalue weighted by Gasteiger charge is -2.10. The van der Waals surface area contributed by atoms with Gasteiger partial charge in [-0.25, -0.2) is 0 Å². The van der Waals surface area contributed by atoms with E-state index in [9.17, 15) is 0 Å². The highest BCUT2D eigenvalue weighted by Gasteiger charge is 2.17. The Morgan fingerprint density at radius 3 is 3.04 bits per heavy atom. The predicted octanol–water partition coefficient (Wildman–Crippen LogP) is 4.53. The van der Waals surface area contributed by atoms with Crippen molar-refractivity contribution in [2.45, 2.75) is 38.0 Å². The molecule has 2 aliphatic rings. The zero-order valence-corrected chi connectivity index (χ0v) is 14.3. The fraction of sp³-hybridized carbons (Fsp3) is 0.333. The van der Waals surface area contributed by atoms with Crippen molar-refractivity contribution in [2.75, 3.05) is 5.75 Å². The first-order valence-electron chi connectivity index (χ1n) is 8.04. The second kappa shape index (κ2) is 5.89. The number of thioether (sulfide) groups is 1. The molecule has 0 spiro atoms. The van der Waals surface area contributed by atoms with Crippen molar-refractivity contribution in [2.24, 2.45) is 10.1 Å². The van der Waals surface area contributed by atoms with Crippen molar-refractivity contribution in [1.29, 1.82) is 0 Å². The van der Waals surface area contributed by atoms with Gasteiger partial charge in [-0.1, -0.05) is 6.08 Å². The first kappa shape index (κ1) is 14.6. The summed E-state index contributed by atoms with van der Waals surface area (Å²) in [5.74, 6) is 0.958. The quantitative estimate of drug-likeness (QED) is 0.748. The fourth-order valence-corrected chi connectivity index (χ4v) is 3.97. The Morgan fingerprint density at radius 1 is 1.22 bits per heavy atom. The lowest BCUT2D eigenvalue weighted by molar-refractivity contribution is 0.806. The number of aromatic nitrogens is 1. The van der Waals surface area contributed by atoms with Crippen LogP contribution >= 0.6 is 11.8 Å². The first-order chi connectivity index (χ1) is 11.2. The highest BCUT2D eigenvalue weighted by molar-refractivity contribution is 8.00. The lowest BCUT2D eigenvalue weighted by atomic mass is 10.0. The van der Waals surface area contributed by atoms with Gasteiger partial charge in [0.25, 0.3) is 0 Å². The van der Waals surface area contributed by atoms with Gasteiger partial charge in [-0.3, -0.25) is 10.4 Å². The van der Waals surface area contributed by atoms with Crippen LogP contribution in [-0.2, 0) is 6.42 Å². The maximum atomic E-state index is 4.53. The summed E-state index contributed by atoms with van der Waals surface area (Å²) in [5.41, 5.74) is 10.0. The van der Waals surface area contributed by atoms with Crippen LogP contribution in [0.1, 0.15) is 37.9 Å². The third-order valence-corrected chi connectivity index (χ3v) is 5.33. The Labute approximate surface area is 140 Å². The lowest BCUT2D eigenvalue weighted by Crippen LogP contribution is -2.10. The van der Waals surface area contributed by atoms with Crippen LogP contribution in [0.2, 0.25) is 0 Å². The number of fused-ring (bicyclic) bond motifs is 4. The molecule has 0 radical (unpaired) electrons. The fourth-order valence-electron chi connectivity index (χ4n) is 3.18. The number of benzene rings is 1. The van der Waals surface area contributed by atoms with E-state index in [1.165, 1.54) is 15.8 Å². The zero-order chi connectivity index (χ0) is 15.8. The average Bonchev–Trinajstić information content (AvgIpc) is 2.92. The number of aromatic amines is 1. The monoisotopic (exact) mass is 324 g/mol. The summed E-state index contributed by atoms with van der Waals surface area (Å²) < 4.78 is 0. The van der Waals surface area contributed by atoms with E-state index < -0.39 is 0 Å². The van der Waals surface area contributed by atoms with Crippen molar-refractivity contribution in [3.05, 3.63) is 35.2 Å². The third-order valence-electron chi connectivity index (χ3n) is 4.37. The van der Waals surface area contributed by atoms with E-state index in [1.807, 2.05) is 18.0 Å². The number of hydrazone groups is 1. The molecule has 0 fully saturated rings. The average molecular weight is 324 g/mol. The van der Waals surface area contributed by atoms with Crippen molar-refractivity contribution in [3.63, 3.8) is 0 Å². The number of rotatable bonds is 0. The molecule has 2 aliphatic heterocycles.